The lowest BCUT2D eigenvalue weighted by atomic mass is 9.77. The van der Waals surface area contributed by atoms with Crippen molar-refractivity contribution in [2.45, 2.75) is 49.5 Å². The zero-order valence-electron chi connectivity index (χ0n) is 13.5. The van der Waals surface area contributed by atoms with Gasteiger partial charge in [0, 0.05) is 18.6 Å². The van der Waals surface area contributed by atoms with Crippen molar-refractivity contribution in [3.05, 3.63) is 35.6 Å². The quantitative estimate of drug-likeness (QED) is 0.729. The molecule has 0 amide bonds. The predicted octanol–water partition coefficient (Wildman–Crippen LogP) is 3.20. The third-order valence-corrected chi connectivity index (χ3v) is 6.25. The number of nitrogens with zero attached hydrogens (tertiary/aromatic N) is 1. The Labute approximate surface area is 140 Å². The van der Waals surface area contributed by atoms with E-state index in [1.807, 2.05) is 17.8 Å². The first-order valence-corrected chi connectivity index (χ1v) is 9.06. The summed E-state index contributed by atoms with van der Waals surface area (Å²) >= 11 is 1.84. The van der Waals surface area contributed by atoms with Gasteiger partial charge in [0.25, 0.3) is 0 Å². The number of allylic oxidation sites excluding steroid dienone is 2. The molecule has 4 aliphatic rings. The Hall–Kier alpha value is -1.49. The highest BCUT2D eigenvalue weighted by Crippen LogP contribution is 2.52. The Bertz CT molecular complexity index is 674. The normalized spacial score (nSPS) is 34.4. The van der Waals surface area contributed by atoms with Crippen LogP contribution in [0, 0.1) is 0 Å². The minimum Gasteiger partial charge on any atom is -0.492 e. The molecular weight excluding hydrogens is 310 g/mol. The Morgan fingerprint density at radius 3 is 3.09 bits per heavy atom. The molecule has 23 heavy (non-hydrogen) atoms. The molecule has 0 N–H and O–H groups in total. The summed E-state index contributed by atoms with van der Waals surface area (Å²) in [6.45, 7) is 4.71. The maximum Gasteiger partial charge on any atom is 0.188 e. The Balaban J connectivity index is 1.68. The number of ketones is 1. The number of hydrogen-bond donors (Lipinski definition) is 0. The van der Waals surface area contributed by atoms with E-state index in [1.165, 1.54) is 5.57 Å². The van der Waals surface area contributed by atoms with Gasteiger partial charge in [-0.3, -0.25) is 4.79 Å². The summed E-state index contributed by atoms with van der Waals surface area (Å²) in [4.78, 5) is 17.0. The van der Waals surface area contributed by atoms with Gasteiger partial charge in [-0.15, -0.1) is 11.8 Å². The number of aliphatic imine (C=N–C) groups is 1. The van der Waals surface area contributed by atoms with Crippen molar-refractivity contribution in [2.75, 3.05) is 12.4 Å². The van der Waals surface area contributed by atoms with Crippen LogP contribution in [0.3, 0.4) is 0 Å². The van der Waals surface area contributed by atoms with Gasteiger partial charge in [-0.25, -0.2) is 4.99 Å². The summed E-state index contributed by atoms with van der Waals surface area (Å²) < 4.78 is 11.6. The minimum atomic E-state index is -0.237. The molecule has 5 heteroatoms. The second kappa shape index (κ2) is 5.26. The number of carbonyl (C=O) groups is 1. The van der Waals surface area contributed by atoms with Crippen LogP contribution in [0.15, 0.2) is 40.6 Å². The van der Waals surface area contributed by atoms with Crippen LogP contribution in [-0.4, -0.2) is 40.4 Å². The lowest BCUT2D eigenvalue weighted by molar-refractivity contribution is -0.116. The van der Waals surface area contributed by atoms with E-state index in [0.717, 1.165) is 23.6 Å². The smallest absolute Gasteiger partial charge is 0.188 e. The van der Waals surface area contributed by atoms with Gasteiger partial charge in [0.15, 0.2) is 11.7 Å². The number of rotatable bonds is 2. The molecule has 2 atom stereocenters. The standard InChI is InChI=1S/C18H21NO3S/c1-17(2)11-22-15(19-17)9-12-8-14(20)10-18-13(5-7-23-18)4-3-6-21-16(12)18/h3,5-6,8,16H,4,7,9-11H2,1-2H3. The van der Waals surface area contributed by atoms with Crippen LogP contribution in [0.1, 0.15) is 33.1 Å². The number of ether oxygens (including phenoxy) is 2. The van der Waals surface area contributed by atoms with Crippen molar-refractivity contribution in [3.63, 3.8) is 0 Å². The monoisotopic (exact) mass is 331 g/mol. The van der Waals surface area contributed by atoms with Crippen LogP contribution in [0.4, 0.5) is 0 Å². The maximum atomic E-state index is 12.4. The van der Waals surface area contributed by atoms with Crippen LogP contribution in [0.25, 0.3) is 0 Å². The summed E-state index contributed by atoms with van der Waals surface area (Å²) in [5.41, 5.74) is 2.14. The van der Waals surface area contributed by atoms with Gasteiger partial charge in [-0.05, 0) is 43.6 Å². The molecule has 0 aromatic carbocycles. The summed E-state index contributed by atoms with van der Waals surface area (Å²) in [5.74, 6) is 1.85. The van der Waals surface area contributed by atoms with E-state index in [-0.39, 0.29) is 22.2 Å². The first-order valence-electron chi connectivity index (χ1n) is 8.07. The van der Waals surface area contributed by atoms with E-state index in [1.54, 1.807) is 12.3 Å². The Kier molecular flexibility index (Phi) is 3.45. The Morgan fingerprint density at radius 1 is 1.43 bits per heavy atom. The van der Waals surface area contributed by atoms with Gasteiger partial charge < -0.3 is 9.47 Å². The number of carbonyl (C=O) groups excluding carboxylic acids is 1. The van der Waals surface area contributed by atoms with E-state index in [2.05, 4.69) is 24.9 Å². The summed E-state index contributed by atoms with van der Waals surface area (Å²) in [7, 11) is 0. The second-order valence-corrected chi connectivity index (χ2v) is 8.52. The summed E-state index contributed by atoms with van der Waals surface area (Å²) in [6.07, 6.45) is 9.70. The maximum absolute atomic E-state index is 12.4. The zero-order chi connectivity index (χ0) is 16.1. The molecule has 4 rings (SSSR count). The summed E-state index contributed by atoms with van der Waals surface area (Å²) in [6, 6.07) is 0. The second-order valence-electron chi connectivity index (χ2n) is 7.17. The van der Waals surface area contributed by atoms with Crippen LogP contribution < -0.4 is 0 Å². The van der Waals surface area contributed by atoms with Gasteiger partial charge in [0.2, 0.25) is 0 Å². The molecule has 1 spiro atoms. The molecule has 122 valence electrons. The highest BCUT2D eigenvalue weighted by Gasteiger charge is 2.51. The average molecular weight is 331 g/mol. The third-order valence-electron chi connectivity index (χ3n) is 4.78. The lowest BCUT2D eigenvalue weighted by Crippen LogP contribution is -2.46. The molecule has 0 saturated heterocycles. The molecule has 3 heterocycles. The topological polar surface area (TPSA) is 47.9 Å². The molecule has 0 saturated carbocycles. The molecular formula is C18H21NO3S. The largest absolute Gasteiger partial charge is 0.492 e. The molecule has 0 aromatic rings. The van der Waals surface area contributed by atoms with E-state index in [9.17, 15) is 4.79 Å². The minimum absolute atomic E-state index is 0.104. The highest BCUT2D eigenvalue weighted by molar-refractivity contribution is 8.01. The van der Waals surface area contributed by atoms with E-state index >= 15 is 0 Å². The van der Waals surface area contributed by atoms with Gasteiger partial charge in [-0.1, -0.05) is 6.08 Å². The van der Waals surface area contributed by atoms with E-state index < -0.39 is 0 Å². The Morgan fingerprint density at radius 2 is 2.30 bits per heavy atom. The molecule has 3 aliphatic heterocycles. The van der Waals surface area contributed by atoms with Crippen LogP contribution in [0.2, 0.25) is 0 Å². The van der Waals surface area contributed by atoms with Gasteiger partial charge >= 0.3 is 0 Å². The van der Waals surface area contributed by atoms with Crippen molar-refractivity contribution >= 4 is 23.4 Å². The van der Waals surface area contributed by atoms with Crippen LogP contribution in [0.5, 0.6) is 0 Å². The van der Waals surface area contributed by atoms with Crippen molar-refractivity contribution in [2.24, 2.45) is 4.99 Å². The molecule has 1 aliphatic carbocycles. The predicted molar refractivity (Wildman–Crippen MR) is 91.7 cm³/mol. The molecule has 2 unspecified atom stereocenters. The molecule has 0 bridgehead atoms. The fraction of sp³-hybridized carbons (Fsp3) is 0.556. The van der Waals surface area contributed by atoms with Crippen molar-refractivity contribution in [3.8, 4) is 0 Å². The molecule has 0 aromatic heterocycles. The zero-order valence-corrected chi connectivity index (χ0v) is 14.3. The number of hydrogen-bond acceptors (Lipinski definition) is 5. The van der Waals surface area contributed by atoms with Gasteiger partial charge in [0.1, 0.15) is 12.7 Å². The first kappa shape index (κ1) is 15.1. The number of thioether (sulfide) groups is 1. The first-order chi connectivity index (χ1) is 11.0. The average Bonchev–Trinajstić information content (AvgIpc) is 2.96. The summed E-state index contributed by atoms with van der Waals surface area (Å²) in [5, 5.41) is 0. The van der Waals surface area contributed by atoms with Crippen molar-refractivity contribution in [1.82, 2.24) is 0 Å². The van der Waals surface area contributed by atoms with Crippen molar-refractivity contribution < 1.29 is 14.3 Å². The van der Waals surface area contributed by atoms with Crippen molar-refractivity contribution in [1.29, 1.82) is 0 Å². The van der Waals surface area contributed by atoms with Gasteiger partial charge in [0.05, 0.1) is 16.5 Å². The SMILES string of the molecule is CC1(C)COC(CC2=CC(=O)CC34SCC=C3CC=COC24)=N1. The fourth-order valence-electron chi connectivity index (χ4n) is 3.78. The van der Waals surface area contributed by atoms with Crippen LogP contribution in [-0.2, 0) is 14.3 Å². The van der Waals surface area contributed by atoms with Gasteiger partial charge in [-0.2, -0.15) is 0 Å². The van der Waals surface area contributed by atoms with E-state index in [4.69, 9.17) is 9.47 Å². The molecule has 0 fully saturated rings. The molecule has 4 nitrogen and oxygen atoms in total. The van der Waals surface area contributed by atoms with E-state index in [0.29, 0.717) is 19.4 Å². The third kappa shape index (κ3) is 2.55. The molecule has 0 radical (unpaired) electrons. The fourth-order valence-corrected chi connectivity index (χ4v) is 5.32. The lowest BCUT2D eigenvalue weighted by Gasteiger charge is -2.40. The van der Waals surface area contributed by atoms with Crippen LogP contribution >= 0.6 is 11.8 Å². The highest BCUT2D eigenvalue weighted by atomic mass is 32.2.